The van der Waals surface area contributed by atoms with Crippen LogP contribution < -0.4 is 0 Å². The molecule has 20 heavy (non-hydrogen) atoms. The van der Waals surface area contributed by atoms with Crippen molar-refractivity contribution in [2.24, 2.45) is 7.05 Å². The first kappa shape index (κ1) is 14.2. The summed E-state index contributed by atoms with van der Waals surface area (Å²) in [4.78, 5) is 15.2. The summed E-state index contributed by atoms with van der Waals surface area (Å²) in [6.07, 6.45) is 3.57. The van der Waals surface area contributed by atoms with Gasteiger partial charge in [-0.05, 0) is 20.3 Å². The molecule has 2 aromatic rings. The highest BCUT2D eigenvalue weighted by atomic mass is 16.4. The average molecular weight is 279 g/mol. The van der Waals surface area contributed by atoms with E-state index in [9.17, 15) is 15.0 Å². The predicted molar refractivity (Wildman–Crippen MR) is 70.1 cm³/mol. The standard InChI is InChI=1S/C12H17N5O3/c1-12(2,20)4-5-17-10(8-6-13-7-16(8)3)9(11(18)19)14-15-17/h6-7,20H,4-5H2,1-3H3,(H,18,19). The Balaban J connectivity index is 2.44. The molecule has 0 bridgehead atoms. The Morgan fingerprint density at radius 3 is 2.65 bits per heavy atom. The second-order valence-electron chi connectivity index (χ2n) is 5.27. The number of hydrogen-bond donors (Lipinski definition) is 2. The Hall–Kier alpha value is -2.22. The van der Waals surface area contributed by atoms with Crippen molar-refractivity contribution in [2.45, 2.75) is 32.4 Å². The van der Waals surface area contributed by atoms with Crippen molar-refractivity contribution < 1.29 is 15.0 Å². The Kier molecular flexibility index (Phi) is 3.58. The Labute approximate surface area is 115 Å². The number of hydrogen-bond acceptors (Lipinski definition) is 5. The van der Waals surface area contributed by atoms with Gasteiger partial charge in [-0.3, -0.25) is 0 Å². The summed E-state index contributed by atoms with van der Waals surface area (Å²) in [6, 6.07) is 0. The summed E-state index contributed by atoms with van der Waals surface area (Å²) < 4.78 is 3.18. The van der Waals surface area contributed by atoms with Gasteiger partial charge in [-0.25, -0.2) is 14.5 Å². The van der Waals surface area contributed by atoms with Crippen molar-refractivity contribution in [1.82, 2.24) is 24.5 Å². The smallest absolute Gasteiger partial charge is 0.358 e. The third-order valence-corrected chi connectivity index (χ3v) is 2.93. The van der Waals surface area contributed by atoms with Crippen LogP contribution >= 0.6 is 0 Å². The molecule has 2 heterocycles. The van der Waals surface area contributed by atoms with Gasteiger partial charge in [0, 0.05) is 13.6 Å². The van der Waals surface area contributed by atoms with Crippen molar-refractivity contribution in [3.05, 3.63) is 18.2 Å². The quantitative estimate of drug-likeness (QED) is 0.827. The molecule has 0 fully saturated rings. The number of nitrogens with zero attached hydrogens (tertiary/aromatic N) is 5. The van der Waals surface area contributed by atoms with Gasteiger partial charge in [0.2, 0.25) is 0 Å². The molecular weight excluding hydrogens is 262 g/mol. The topological polar surface area (TPSA) is 106 Å². The van der Waals surface area contributed by atoms with Crippen LogP contribution in [-0.4, -0.2) is 46.3 Å². The molecule has 0 aliphatic carbocycles. The molecule has 0 saturated carbocycles. The van der Waals surface area contributed by atoms with Crippen LogP contribution in [0.1, 0.15) is 30.8 Å². The lowest BCUT2D eigenvalue weighted by Crippen LogP contribution is -2.22. The molecule has 0 aliphatic heterocycles. The SMILES string of the molecule is Cn1cncc1-c1c(C(=O)O)nnn1CCC(C)(C)O. The fourth-order valence-electron chi connectivity index (χ4n) is 1.83. The zero-order valence-corrected chi connectivity index (χ0v) is 11.6. The van der Waals surface area contributed by atoms with E-state index in [1.165, 1.54) is 4.68 Å². The summed E-state index contributed by atoms with van der Waals surface area (Å²) in [5.41, 5.74) is 0.0215. The van der Waals surface area contributed by atoms with Crippen LogP contribution in [0.3, 0.4) is 0 Å². The van der Waals surface area contributed by atoms with E-state index in [0.29, 0.717) is 24.4 Å². The number of carboxylic acid groups (broad SMARTS) is 1. The summed E-state index contributed by atoms with van der Waals surface area (Å²) in [5, 5.41) is 26.6. The Morgan fingerprint density at radius 2 is 2.15 bits per heavy atom. The van der Waals surface area contributed by atoms with Crippen molar-refractivity contribution in [3.63, 3.8) is 0 Å². The normalized spacial score (nSPS) is 11.8. The Bertz CT molecular complexity index is 623. The zero-order valence-electron chi connectivity index (χ0n) is 11.6. The van der Waals surface area contributed by atoms with E-state index >= 15 is 0 Å². The highest BCUT2D eigenvalue weighted by Gasteiger charge is 2.23. The highest BCUT2D eigenvalue weighted by molar-refractivity contribution is 5.92. The molecule has 2 rings (SSSR count). The highest BCUT2D eigenvalue weighted by Crippen LogP contribution is 2.22. The molecule has 0 unspecified atom stereocenters. The summed E-state index contributed by atoms with van der Waals surface area (Å²) in [6.45, 7) is 3.74. The summed E-state index contributed by atoms with van der Waals surface area (Å²) in [5.74, 6) is -1.14. The van der Waals surface area contributed by atoms with Crippen LogP contribution in [0.25, 0.3) is 11.4 Å². The van der Waals surface area contributed by atoms with Crippen molar-refractivity contribution in [3.8, 4) is 11.4 Å². The third kappa shape index (κ3) is 2.85. The van der Waals surface area contributed by atoms with Gasteiger partial charge in [-0.1, -0.05) is 5.21 Å². The van der Waals surface area contributed by atoms with Gasteiger partial charge in [0.15, 0.2) is 5.69 Å². The maximum atomic E-state index is 11.2. The summed E-state index contributed by atoms with van der Waals surface area (Å²) in [7, 11) is 1.77. The monoisotopic (exact) mass is 279 g/mol. The number of aryl methyl sites for hydroxylation is 2. The number of rotatable bonds is 5. The number of aliphatic hydroxyl groups is 1. The molecule has 0 radical (unpaired) electrons. The van der Waals surface area contributed by atoms with Crippen LogP contribution in [0.5, 0.6) is 0 Å². The maximum absolute atomic E-state index is 11.2. The molecule has 2 aromatic heterocycles. The fourth-order valence-corrected chi connectivity index (χ4v) is 1.83. The second-order valence-corrected chi connectivity index (χ2v) is 5.27. The molecular formula is C12H17N5O3. The largest absolute Gasteiger partial charge is 0.476 e. The molecule has 0 aromatic carbocycles. The second kappa shape index (κ2) is 5.04. The van der Waals surface area contributed by atoms with Crippen LogP contribution in [0.4, 0.5) is 0 Å². The van der Waals surface area contributed by atoms with Crippen LogP contribution in [0, 0.1) is 0 Å². The van der Waals surface area contributed by atoms with Gasteiger partial charge < -0.3 is 14.8 Å². The van der Waals surface area contributed by atoms with Gasteiger partial charge >= 0.3 is 5.97 Å². The fraction of sp³-hybridized carbons (Fsp3) is 0.500. The minimum atomic E-state index is -1.14. The first-order valence-corrected chi connectivity index (χ1v) is 6.15. The lowest BCUT2D eigenvalue weighted by atomic mass is 10.1. The minimum Gasteiger partial charge on any atom is -0.476 e. The molecule has 2 N–H and O–H groups in total. The molecule has 0 saturated heterocycles. The van der Waals surface area contributed by atoms with Crippen molar-refractivity contribution in [2.75, 3.05) is 0 Å². The molecule has 8 heteroatoms. The molecule has 0 aliphatic rings. The van der Waals surface area contributed by atoms with Crippen LogP contribution in [0.2, 0.25) is 0 Å². The van der Waals surface area contributed by atoms with Gasteiger partial charge in [0.25, 0.3) is 0 Å². The van der Waals surface area contributed by atoms with Crippen molar-refractivity contribution >= 4 is 5.97 Å². The molecule has 0 atom stereocenters. The first-order valence-electron chi connectivity index (χ1n) is 6.15. The van der Waals surface area contributed by atoms with Crippen LogP contribution in [0.15, 0.2) is 12.5 Å². The minimum absolute atomic E-state index is 0.121. The number of aromatic nitrogens is 5. The van der Waals surface area contributed by atoms with E-state index in [4.69, 9.17) is 0 Å². The van der Waals surface area contributed by atoms with E-state index in [-0.39, 0.29) is 5.69 Å². The lowest BCUT2D eigenvalue weighted by molar-refractivity contribution is 0.0650. The van der Waals surface area contributed by atoms with Gasteiger partial charge in [0.1, 0.15) is 5.69 Å². The number of carbonyl (C=O) groups is 1. The van der Waals surface area contributed by atoms with Gasteiger partial charge in [0.05, 0.1) is 23.8 Å². The zero-order chi connectivity index (χ0) is 14.9. The molecule has 0 spiro atoms. The van der Waals surface area contributed by atoms with Crippen LogP contribution in [-0.2, 0) is 13.6 Å². The van der Waals surface area contributed by atoms with Gasteiger partial charge in [-0.15, -0.1) is 5.10 Å². The molecule has 8 nitrogen and oxygen atoms in total. The van der Waals surface area contributed by atoms with Crippen molar-refractivity contribution in [1.29, 1.82) is 0 Å². The lowest BCUT2D eigenvalue weighted by Gasteiger charge is -2.17. The number of aromatic carboxylic acids is 1. The van der Waals surface area contributed by atoms with E-state index in [0.717, 1.165) is 0 Å². The Morgan fingerprint density at radius 1 is 1.45 bits per heavy atom. The van der Waals surface area contributed by atoms with E-state index in [1.807, 2.05) is 0 Å². The average Bonchev–Trinajstić information content (AvgIpc) is 2.90. The van der Waals surface area contributed by atoms with E-state index in [2.05, 4.69) is 15.3 Å². The molecule has 108 valence electrons. The first-order chi connectivity index (χ1) is 9.29. The van der Waals surface area contributed by atoms with Gasteiger partial charge in [-0.2, -0.15) is 0 Å². The predicted octanol–water partition coefficient (Wildman–Crippen LogP) is 0.538. The number of imidazole rings is 1. The third-order valence-electron chi connectivity index (χ3n) is 2.93. The summed E-state index contributed by atoms with van der Waals surface area (Å²) >= 11 is 0. The van der Waals surface area contributed by atoms with E-state index < -0.39 is 11.6 Å². The number of carboxylic acids is 1. The molecule has 0 amide bonds. The van der Waals surface area contributed by atoms with E-state index in [1.54, 1.807) is 38.0 Å². The maximum Gasteiger partial charge on any atom is 0.358 e.